The zero-order valence-corrected chi connectivity index (χ0v) is 16.2. The number of carbonyl (C=O) groups excluding carboxylic acids is 2. The van der Waals surface area contributed by atoms with E-state index in [0.29, 0.717) is 19.6 Å². The molecule has 1 fully saturated rings. The van der Waals surface area contributed by atoms with Gasteiger partial charge >= 0.3 is 0 Å². The van der Waals surface area contributed by atoms with E-state index >= 15 is 0 Å². The second-order valence-electron chi connectivity index (χ2n) is 6.91. The van der Waals surface area contributed by atoms with Crippen LogP contribution in [-0.4, -0.2) is 43.5 Å². The fourth-order valence-electron chi connectivity index (χ4n) is 3.50. The third kappa shape index (κ3) is 4.60. The van der Waals surface area contributed by atoms with E-state index in [-0.39, 0.29) is 24.2 Å². The summed E-state index contributed by atoms with van der Waals surface area (Å²) in [6, 6.07) is 17.4. The fourth-order valence-corrected chi connectivity index (χ4v) is 3.50. The number of carbonyl (C=O) groups is 2. The molecule has 1 heterocycles. The molecule has 0 radical (unpaired) electrons. The molecular weight excluding hydrogens is 352 g/mol. The van der Waals surface area contributed by atoms with Gasteiger partial charge in [0.25, 0.3) is 0 Å². The van der Waals surface area contributed by atoms with Crippen LogP contribution in [0.25, 0.3) is 0 Å². The van der Waals surface area contributed by atoms with Crippen LogP contribution in [0.5, 0.6) is 5.75 Å². The van der Waals surface area contributed by atoms with Crippen LogP contribution >= 0.6 is 0 Å². The average molecular weight is 378 g/mol. The molecule has 0 unspecified atom stereocenters. The number of rotatable bonds is 8. The van der Waals surface area contributed by atoms with Gasteiger partial charge in [-0.1, -0.05) is 36.4 Å². The number of hydrogen-bond donors (Lipinski definition) is 0. The van der Waals surface area contributed by atoms with Gasteiger partial charge in [-0.25, -0.2) is 0 Å². The molecular formula is C23H26N2O3. The van der Waals surface area contributed by atoms with Gasteiger partial charge in [0.1, 0.15) is 5.75 Å². The van der Waals surface area contributed by atoms with Crippen molar-refractivity contribution in [2.24, 2.45) is 5.92 Å². The van der Waals surface area contributed by atoms with Gasteiger partial charge in [-0.3, -0.25) is 9.59 Å². The van der Waals surface area contributed by atoms with Gasteiger partial charge < -0.3 is 14.5 Å². The smallest absolute Gasteiger partial charge is 0.228 e. The van der Waals surface area contributed by atoms with Crippen molar-refractivity contribution in [1.82, 2.24) is 4.90 Å². The van der Waals surface area contributed by atoms with Crippen LogP contribution in [0.2, 0.25) is 0 Å². The van der Waals surface area contributed by atoms with Gasteiger partial charge in [0.15, 0.2) is 0 Å². The number of ether oxygens (including phenoxy) is 1. The first-order valence-electron chi connectivity index (χ1n) is 9.50. The minimum Gasteiger partial charge on any atom is -0.497 e. The summed E-state index contributed by atoms with van der Waals surface area (Å²) in [4.78, 5) is 29.1. The summed E-state index contributed by atoms with van der Waals surface area (Å²) < 4.78 is 5.17. The van der Waals surface area contributed by atoms with E-state index in [0.717, 1.165) is 17.9 Å². The van der Waals surface area contributed by atoms with Crippen molar-refractivity contribution in [2.75, 3.05) is 31.6 Å². The standard InChI is InChI=1S/C23H26N2O3/c1-3-14-24(15-13-18-7-5-4-6-8-18)23(27)19-16-22(26)25(17-19)20-9-11-21(28-2)12-10-20/h3-12,19H,1,13-17H2,2H3/t19-/m0/s1. The monoisotopic (exact) mass is 378 g/mol. The normalized spacial score (nSPS) is 16.1. The van der Waals surface area contributed by atoms with Crippen LogP contribution in [0, 0.1) is 5.92 Å². The molecule has 1 atom stereocenters. The van der Waals surface area contributed by atoms with Crippen molar-refractivity contribution < 1.29 is 14.3 Å². The number of amides is 2. The fraction of sp³-hybridized carbons (Fsp3) is 0.304. The van der Waals surface area contributed by atoms with E-state index in [1.165, 1.54) is 5.56 Å². The van der Waals surface area contributed by atoms with E-state index in [9.17, 15) is 9.59 Å². The van der Waals surface area contributed by atoms with E-state index in [1.807, 2.05) is 42.5 Å². The molecule has 146 valence electrons. The number of methoxy groups -OCH3 is 1. The van der Waals surface area contributed by atoms with Crippen LogP contribution in [0.15, 0.2) is 67.3 Å². The highest BCUT2D eigenvalue weighted by Crippen LogP contribution is 2.28. The molecule has 2 aromatic rings. The SMILES string of the molecule is C=CCN(CCc1ccccc1)C(=O)[C@H]1CC(=O)N(c2ccc(OC)cc2)C1. The zero-order valence-electron chi connectivity index (χ0n) is 16.2. The highest BCUT2D eigenvalue weighted by atomic mass is 16.5. The van der Waals surface area contributed by atoms with Gasteiger partial charge in [-0.15, -0.1) is 6.58 Å². The maximum Gasteiger partial charge on any atom is 0.228 e. The predicted molar refractivity (Wildman–Crippen MR) is 110 cm³/mol. The summed E-state index contributed by atoms with van der Waals surface area (Å²) in [6.45, 7) is 5.28. The molecule has 3 rings (SSSR count). The molecule has 28 heavy (non-hydrogen) atoms. The summed E-state index contributed by atoms with van der Waals surface area (Å²) in [7, 11) is 1.61. The van der Waals surface area contributed by atoms with Crippen molar-refractivity contribution in [3.05, 3.63) is 72.8 Å². The summed E-state index contributed by atoms with van der Waals surface area (Å²) in [5.74, 6) is 0.400. The summed E-state index contributed by atoms with van der Waals surface area (Å²) in [5.41, 5.74) is 1.98. The van der Waals surface area contributed by atoms with E-state index in [4.69, 9.17) is 4.74 Å². The number of benzene rings is 2. The Bertz CT molecular complexity index is 818. The molecule has 1 aliphatic rings. The van der Waals surface area contributed by atoms with Crippen molar-refractivity contribution in [2.45, 2.75) is 12.8 Å². The summed E-state index contributed by atoms with van der Waals surface area (Å²) in [5, 5.41) is 0. The molecule has 1 aliphatic heterocycles. The van der Waals surface area contributed by atoms with Crippen molar-refractivity contribution in [3.8, 4) is 5.75 Å². The topological polar surface area (TPSA) is 49.9 Å². The average Bonchev–Trinajstić information content (AvgIpc) is 3.13. The lowest BCUT2D eigenvalue weighted by Gasteiger charge is -2.24. The molecule has 0 aromatic heterocycles. The lowest BCUT2D eigenvalue weighted by atomic mass is 10.1. The lowest BCUT2D eigenvalue weighted by molar-refractivity contribution is -0.135. The largest absolute Gasteiger partial charge is 0.497 e. The van der Waals surface area contributed by atoms with Crippen molar-refractivity contribution in [1.29, 1.82) is 0 Å². The minimum atomic E-state index is -0.328. The molecule has 2 aromatic carbocycles. The first-order chi connectivity index (χ1) is 13.6. The second-order valence-corrected chi connectivity index (χ2v) is 6.91. The Morgan fingerprint density at radius 1 is 1.21 bits per heavy atom. The van der Waals surface area contributed by atoms with Gasteiger partial charge in [0.2, 0.25) is 11.8 Å². The van der Waals surface area contributed by atoms with E-state index < -0.39 is 0 Å². The Morgan fingerprint density at radius 2 is 1.93 bits per heavy atom. The zero-order chi connectivity index (χ0) is 19.9. The van der Waals surface area contributed by atoms with Gasteiger partial charge in [-0.05, 0) is 36.2 Å². The molecule has 0 aliphatic carbocycles. The molecule has 5 nitrogen and oxygen atoms in total. The Hall–Kier alpha value is -3.08. The number of anilines is 1. The van der Waals surface area contributed by atoms with Crippen LogP contribution in [0.1, 0.15) is 12.0 Å². The minimum absolute atomic E-state index is 0.0141. The maximum atomic E-state index is 13.1. The maximum absolute atomic E-state index is 13.1. The molecule has 0 saturated carbocycles. The highest BCUT2D eigenvalue weighted by molar-refractivity contribution is 6.00. The van der Waals surface area contributed by atoms with Crippen LogP contribution < -0.4 is 9.64 Å². The number of hydrogen-bond acceptors (Lipinski definition) is 3. The Kier molecular flexibility index (Phi) is 6.48. The Morgan fingerprint density at radius 3 is 2.57 bits per heavy atom. The third-order valence-corrected chi connectivity index (χ3v) is 5.03. The molecule has 1 saturated heterocycles. The van der Waals surface area contributed by atoms with Crippen molar-refractivity contribution >= 4 is 17.5 Å². The van der Waals surface area contributed by atoms with Crippen molar-refractivity contribution in [3.63, 3.8) is 0 Å². The summed E-state index contributed by atoms with van der Waals surface area (Å²) in [6.07, 6.45) is 2.76. The van der Waals surface area contributed by atoms with Gasteiger partial charge in [-0.2, -0.15) is 0 Å². The Labute approximate surface area is 166 Å². The Balaban J connectivity index is 1.65. The quantitative estimate of drug-likeness (QED) is 0.662. The molecule has 2 amide bonds. The van der Waals surface area contributed by atoms with Crippen LogP contribution in [-0.2, 0) is 16.0 Å². The molecule has 0 bridgehead atoms. The van der Waals surface area contributed by atoms with Gasteiger partial charge in [0, 0.05) is 31.7 Å². The third-order valence-electron chi connectivity index (χ3n) is 5.03. The second kappa shape index (κ2) is 9.22. The van der Waals surface area contributed by atoms with E-state index in [2.05, 4.69) is 18.7 Å². The number of nitrogens with zero attached hydrogens (tertiary/aromatic N) is 2. The lowest BCUT2D eigenvalue weighted by Crippen LogP contribution is -2.38. The molecule has 5 heteroatoms. The highest BCUT2D eigenvalue weighted by Gasteiger charge is 2.36. The van der Waals surface area contributed by atoms with Crippen LogP contribution in [0.3, 0.4) is 0 Å². The van der Waals surface area contributed by atoms with E-state index in [1.54, 1.807) is 23.0 Å². The van der Waals surface area contributed by atoms with Gasteiger partial charge in [0.05, 0.1) is 13.0 Å². The predicted octanol–water partition coefficient (Wildman–Crippen LogP) is 3.31. The first kappa shape index (κ1) is 19.7. The van der Waals surface area contributed by atoms with Crippen LogP contribution in [0.4, 0.5) is 5.69 Å². The summed E-state index contributed by atoms with van der Waals surface area (Å²) >= 11 is 0. The first-order valence-corrected chi connectivity index (χ1v) is 9.50. The molecule has 0 N–H and O–H groups in total. The molecule has 0 spiro atoms.